The summed E-state index contributed by atoms with van der Waals surface area (Å²) in [6.07, 6.45) is 1.53. The Hall–Kier alpha value is -3.71. The van der Waals surface area contributed by atoms with Crippen LogP contribution in [0.1, 0.15) is 25.7 Å². The second-order valence-corrected chi connectivity index (χ2v) is 7.23. The molecule has 29 heavy (non-hydrogen) atoms. The molecule has 0 spiro atoms. The molecule has 0 radical (unpaired) electrons. The molecular weight excluding hydrogens is 386 g/mol. The van der Waals surface area contributed by atoms with E-state index in [9.17, 15) is 9.59 Å². The molecule has 0 aliphatic carbocycles. The number of fused-ring (bicyclic) bond motifs is 1. The van der Waals surface area contributed by atoms with E-state index in [1.54, 1.807) is 36.4 Å². The summed E-state index contributed by atoms with van der Waals surface area (Å²) >= 11 is 1.33. The summed E-state index contributed by atoms with van der Waals surface area (Å²) in [6, 6.07) is 20.0. The molecule has 4 aromatic rings. The molecule has 0 atom stereocenters. The van der Waals surface area contributed by atoms with Crippen LogP contribution < -0.4 is 10.2 Å². The monoisotopic (exact) mass is 403 g/mol. The van der Waals surface area contributed by atoms with Crippen molar-refractivity contribution in [2.24, 2.45) is 12.1 Å². The molecule has 0 fully saturated rings. The molecule has 2 aromatic carbocycles. The molecule has 0 aliphatic rings. The topological polar surface area (TPSA) is 72.7 Å². The third-order valence-corrected chi connectivity index (χ3v) is 5.23. The lowest BCUT2D eigenvalue weighted by Gasteiger charge is -2.03. The third kappa shape index (κ3) is 4.09. The lowest BCUT2D eigenvalue weighted by atomic mass is 10.2. The van der Waals surface area contributed by atoms with Crippen molar-refractivity contribution in [3.63, 3.8) is 0 Å². The van der Waals surface area contributed by atoms with Crippen LogP contribution in [0.15, 0.2) is 77.2 Å². The van der Waals surface area contributed by atoms with Crippen LogP contribution in [0, 0.1) is 0 Å². The Labute approximate surface area is 171 Å². The number of amides is 1. The number of benzene rings is 2. The number of aromatic nitrogens is 1. The number of carbonyl (C=O) groups is 2. The van der Waals surface area contributed by atoms with Gasteiger partial charge in [-0.05, 0) is 53.4 Å². The van der Waals surface area contributed by atoms with Crippen molar-refractivity contribution in [1.82, 2.24) is 9.99 Å². The molecule has 2 heterocycles. The number of esters is 1. The Morgan fingerprint density at radius 1 is 1.07 bits per heavy atom. The van der Waals surface area contributed by atoms with Gasteiger partial charge in [0.15, 0.2) is 0 Å². The van der Waals surface area contributed by atoms with Crippen LogP contribution in [-0.2, 0) is 7.05 Å². The normalized spacial score (nSPS) is 11.1. The van der Waals surface area contributed by atoms with Gasteiger partial charge in [0.2, 0.25) is 0 Å². The summed E-state index contributed by atoms with van der Waals surface area (Å²) < 4.78 is 7.14. The van der Waals surface area contributed by atoms with Crippen molar-refractivity contribution in [2.45, 2.75) is 0 Å². The van der Waals surface area contributed by atoms with Crippen molar-refractivity contribution < 1.29 is 14.3 Å². The summed E-state index contributed by atoms with van der Waals surface area (Å²) in [5.41, 5.74) is 4.81. The molecule has 0 aliphatic heterocycles. The maximum Gasteiger partial charge on any atom is 0.353 e. The highest BCUT2D eigenvalue weighted by Crippen LogP contribution is 2.18. The predicted molar refractivity (Wildman–Crippen MR) is 114 cm³/mol. The Morgan fingerprint density at radius 2 is 1.86 bits per heavy atom. The minimum Gasteiger partial charge on any atom is -0.422 e. The highest BCUT2D eigenvalue weighted by molar-refractivity contribution is 7.12. The van der Waals surface area contributed by atoms with Gasteiger partial charge in [0.05, 0.1) is 6.21 Å². The molecule has 0 saturated carbocycles. The minimum atomic E-state index is -0.386. The zero-order valence-electron chi connectivity index (χ0n) is 15.5. The van der Waals surface area contributed by atoms with Crippen LogP contribution in [0.2, 0.25) is 0 Å². The van der Waals surface area contributed by atoms with Gasteiger partial charge >= 0.3 is 5.97 Å². The van der Waals surface area contributed by atoms with Crippen LogP contribution in [0.5, 0.6) is 5.75 Å². The van der Waals surface area contributed by atoms with Gasteiger partial charge in [0.1, 0.15) is 16.3 Å². The number of para-hydroxylation sites is 1. The zero-order chi connectivity index (χ0) is 20.2. The molecule has 1 N–H and O–H groups in total. The minimum absolute atomic E-state index is 0.290. The first-order chi connectivity index (χ1) is 14.1. The van der Waals surface area contributed by atoms with Gasteiger partial charge < -0.3 is 9.30 Å². The average Bonchev–Trinajstić information content (AvgIpc) is 3.38. The number of hydrogen-bond donors (Lipinski definition) is 1. The van der Waals surface area contributed by atoms with E-state index in [-0.39, 0.29) is 11.9 Å². The van der Waals surface area contributed by atoms with Gasteiger partial charge in [0.25, 0.3) is 5.91 Å². The average molecular weight is 403 g/mol. The van der Waals surface area contributed by atoms with E-state index in [1.807, 2.05) is 47.3 Å². The fourth-order valence-corrected chi connectivity index (χ4v) is 3.50. The summed E-state index contributed by atoms with van der Waals surface area (Å²) in [6.45, 7) is 0. The number of hydrazone groups is 1. The number of rotatable bonds is 5. The quantitative estimate of drug-likeness (QED) is 0.235. The summed E-state index contributed by atoms with van der Waals surface area (Å²) in [5, 5.41) is 6.84. The van der Waals surface area contributed by atoms with E-state index in [1.165, 1.54) is 17.6 Å². The van der Waals surface area contributed by atoms with Crippen LogP contribution in [-0.4, -0.2) is 22.7 Å². The predicted octanol–water partition coefficient (Wildman–Crippen LogP) is 4.22. The zero-order valence-corrected chi connectivity index (χ0v) is 16.3. The fourth-order valence-electron chi connectivity index (χ4n) is 2.90. The number of nitrogens with zero attached hydrogens (tertiary/aromatic N) is 2. The first kappa shape index (κ1) is 18.6. The maximum absolute atomic E-state index is 12.4. The van der Waals surface area contributed by atoms with E-state index in [0.29, 0.717) is 16.3 Å². The van der Waals surface area contributed by atoms with Crippen LogP contribution in [0.4, 0.5) is 0 Å². The molecular formula is C22H17N3O3S. The molecule has 0 saturated heterocycles. The largest absolute Gasteiger partial charge is 0.422 e. The second-order valence-electron chi connectivity index (χ2n) is 6.28. The van der Waals surface area contributed by atoms with Crippen molar-refractivity contribution in [3.05, 3.63) is 88.2 Å². The summed E-state index contributed by atoms with van der Waals surface area (Å²) in [5.74, 6) is -0.231. The lowest BCUT2D eigenvalue weighted by Crippen LogP contribution is -2.20. The van der Waals surface area contributed by atoms with Gasteiger partial charge in [-0.25, -0.2) is 10.2 Å². The van der Waals surface area contributed by atoms with Gasteiger partial charge in [-0.2, -0.15) is 5.10 Å². The lowest BCUT2D eigenvalue weighted by molar-refractivity contribution is 0.0739. The van der Waals surface area contributed by atoms with E-state index < -0.39 is 0 Å². The van der Waals surface area contributed by atoms with Gasteiger partial charge in [-0.1, -0.05) is 24.3 Å². The third-order valence-electron chi connectivity index (χ3n) is 4.38. The molecule has 2 aromatic heterocycles. The first-order valence-corrected chi connectivity index (χ1v) is 9.73. The molecule has 4 rings (SSSR count). The Morgan fingerprint density at radius 3 is 2.59 bits per heavy atom. The van der Waals surface area contributed by atoms with Crippen LogP contribution in [0.25, 0.3) is 10.9 Å². The standard InChI is InChI=1S/C22H17N3O3S/c1-25-18-6-3-2-5-16(18)13-19(25)21(26)24-23-14-15-8-10-17(11-9-15)28-22(27)20-7-4-12-29-20/h2-14H,1H3,(H,24,26)/b23-14+. The molecule has 144 valence electrons. The molecule has 0 bridgehead atoms. The van der Waals surface area contributed by atoms with E-state index in [0.717, 1.165) is 16.5 Å². The summed E-state index contributed by atoms with van der Waals surface area (Å²) in [4.78, 5) is 24.9. The highest BCUT2D eigenvalue weighted by Gasteiger charge is 2.12. The number of hydrogen-bond acceptors (Lipinski definition) is 5. The first-order valence-electron chi connectivity index (χ1n) is 8.85. The Balaban J connectivity index is 1.38. The number of carbonyl (C=O) groups excluding carboxylic acids is 2. The van der Waals surface area contributed by atoms with Crippen LogP contribution in [0.3, 0.4) is 0 Å². The number of thiophene rings is 1. The molecule has 6 nitrogen and oxygen atoms in total. The number of ether oxygens (including phenoxy) is 1. The molecule has 1 amide bonds. The van der Waals surface area contributed by atoms with Crippen molar-refractivity contribution >= 4 is 40.3 Å². The Bertz CT molecular complexity index is 1190. The van der Waals surface area contributed by atoms with Crippen LogP contribution >= 0.6 is 11.3 Å². The SMILES string of the molecule is Cn1c(C(=O)N/N=C/c2ccc(OC(=O)c3cccs3)cc2)cc2ccccc21. The van der Waals surface area contributed by atoms with Gasteiger partial charge in [0, 0.05) is 18.0 Å². The van der Waals surface area contributed by atoms with E-state index in [4.69, 9.17) is 4.74 Å². The maximum atomic E-state index is 12.4. The molecule has 0 unspecified atom stereocenters. The van der Waals surface area contributed by atoms with Gasteiger partial charge in [-0.15, -0.1) is 11.3 Å². The molecule has 7 heteroatoms. The smallest absolute Gasteiger partial charge is 0.353 e. The highest BCUT2D eigenvalue weighted by atomic mass is 32.1. The summed E-state index contributed by atoms with van der Waals surface area (Å²) in [7, 11) is 1.84. The van der Waals surface area contributed by atoms with E-state index in [2.05, 4.69) is 10.5 Å². The Kier molecular flexibility index (Phi) is 5.22. The number of aryl methyl sites for hydroxylation is 1. The fraction of sp³-hybridized carbons (Fsp3) is 0.0455. The van der Waals surface area contributed by atoms with Crippen molar-refractivity contribution in [3.8, 4) is 5.75 Å². The van der Waals surface area contributed by atoms with E-state index >= 15 is 0 Å². The van der Waals surface area contributed by atoms with Gasteiger partial charge in [-0.3, -0.25) is 4.79 Å². The van der Waals surface area contributed by atoms with Crippen molar-refractivity contribution in [2.75, 3.05) is 0 Å². The second kappa shape index (κ2) is 8.12. The number of nitrogens with one attached hydrogen (secondary N) is 1. The van der Waals surface area contributed by atoms with Crippen molar-refractivity contribution in [1.29, 1.82) is 0 Å².